The SMILES string of the molecule is CC(=O)OCC[NH+]1CCC[NH+](CCCN2c3ccc(Cl)cc3Sc3cccnc32)CC1.[Cl-].[Cl-]. The molecule has 2 aliphatic heterocycles. The van der Waals surface area contributed by atoms with Crippen molar-refractivity contribution in [1.29, 1.82) is 0 Å². The van der Waals surface area contributed by atoms with Gasteiger partial charge in [-0.1, -0.05) is 23.4 Å². The summed E-state index contributed by atoms with van der Waals surface area (Å²) in [6.45, 7) is 9.73. The molecule has 1 saturated heterocycles. The fourth-order valence-corrected chi connectivity index (χ4v) is 5.78. The van der Waals surface area contributed by atoms with Crippen LogP contribution in [0.15, 0.2) is 46.3 Å². The van der Waals surface area contributed by atoms with Gasteiger partial charge in [0.2, 0.25) is 0 Å². The lowest BCUT2D eigenvalue weighted by Gasteiger charge is -2.32. The molecule has 0 bridgehead atoms. The number of aromatic nitrogens is 1. The number of esters is 1. The van der Waals surface area contributed by atoms with Crippen LogP contribution in [0.1, 0.15) is 19.8 Å². The highest BCUT2D eigenvalue weighted by Gasteiger charge is 2.25. The van der Waals surface area contributed by atoms with Crippen LogP contribution >= 0.6 is 23.4 Å². The molecule has 3 heterocycles. The predicted molar refractivity (Wildman–Crippen MR) is 124 cm³/mol. The maximum Gasteiger partial charge on any atom is 0.302 e. The second-order valence-corrected chi connectivity index (χ2v) is 9.76. The number of carbonyl (C=O) groups is 1. The molecule has 2 atom stereocenters. The van der Waals surface area contributed by atoms with Crippen LogP contribution in [0.5, 0.6) is 0 Å². The molecule has 2 aliphatic rings. The minimum atomic E-state index is -0.183. The molecule has 4 rings (SSSR count). The van der Waals surface area contributed by atoms with Crippen LogP contribution < -0.4 is 39.5 Å². The zero-order valence-electron chi connectivity index (χ0n) is 18.8. The Morgan fingerprint density at radius 1 is 1.12 bits per heavy atom. The quantitative estimate of drug-likeness (QED) is 0.352. The Balaban J connectivity index is 0.00000193. The number of fused-ring (bicyclic) bond motifs is 2. The summed E-state index contributed by atoms with van der Waals surface area (Å²) in [7, 11) is 0. The van der Waals surface area contributed by atoms with Gasteiger partial charge in [-0.3, -0.25) is 4.79 Å². The number of halogens is 3. The number of carbonyl (C=O) groups excluding carboxylic acids is 1. The lowest BCUT2D eigenvalue weighted by molar-refractivity contribution is -0.938. The lowest BCUT2D eigenvalue weighted by atomic mass is 10.2. The van der Waals surface area contributed by atoms with Crippen LogP contribution in [0.3, 0.4) is 0 Å². The maximum atomic E-state index is 11.0. The van der Waals surface area contributed by atoms with Gasteiger partial charge in [0.1, 0.15) is 32.1 Å². The first kappa shape index (κ1) is 28.0. The molecule has 1 fully saturated rings. The number of nitrogens with one attached hydrogen (secondary N) is 2. The van der Waals surface area contributed by atoms with Crippen molar-refractivity contribution in [2.75, 3.05) is 57.3 Å². The molecule has 1 aromatic carbocycles. The number of hydrogen-bond acceptors (Lipinski definition) is 5. The summed E-state index contributed by atoms with van der Waals surface area (Å²) in [6, 6.07) is 10.3. The van der Waals surface area contributed by atoms with E-state index in [1.165, 1.54) is 48.5 Å². The molecule has 2 N–H and O–H groups in total. The average molecular weight is 534 g/mol. The van der Waals surface area contributed by atoms with Crippen LogP contribution in [-0.4, -0.2) is 63.4 Å². The summed E-state index contributed by atoms with van der Waals surface area (Å²) in [6.07, 6.45) is 4.21. The van der Waals surface area contributed by atoms with E-state index < -0.39 is 0 Å². The molecular formula is C23H31Cl3N4O2S. The van der Waals surface area contributed by atoms with E-state index in [-0.39, 0.29) is 30.8 Å². The van der Waals surface area contributed by atoms with Gasteiger partial charge in [0.15, 0.2) is 0 Å². The molecule has 0 amide bonds. The van der Waals surface area contributed by atoms with Crippen LogP contribution in [0.4, 0.5) is 11.5 Å². The highest BCUT2D eigenvalue weighted by molar-refractivity contribution is 7.99. The first-order valence-electron chi connectivity index (χ1n) is 11.1. The van der Waals surface area contributed by atoms with Gasteiger partial charge in [0.05, 0.1) is 30.2 Å². The van der Waals surface area contributed by atoms with Gasteiger partial charge in [-0.05, 0) is 30.3 Å². The lowest BCUT2D eigenvalue weighted by Crippen LogP contribution is -3.18. The predicted octanol–water partition coefficient (Wildman–Crippen LogP) is -4.53. The normalized spacial score (nSPS) is 19.3. The first-order chi connectivity index (χ1) is 15.1. The van der Waals surface area contributed by atoms with E-state index in [9.17, 15) is 4.79 Å². The monoisotopic (exact) mass is 532 g/mol. The van der Waals surface area contributed by atoms with Gasteiger partial charge in [-0.25, -0.2) is 4.98 Å². The van der Waals surface area contributed by atoms with Crippen molar-refractivity contribution >= 4 is 40.8 Å². The van der Waals surface area contributed by atoms with Crippen LogP contribution in [0.25, 0.3) is 0 Å². The minimum Gasteiger partial charge on any atom is -1.00 e. The number of rotatable bonds is 7. The zero-order valence-corrected chi connectivity index (χ0v) is 21.9. The molecular weight excluding hydrogens is 503 g/mol. The van der Waals surface area contributed by atoms with E-state index in [4.69, 9.17) is 16.3 Å². The molecule has 0 spiro atoms. The Morgan fingerprint density at radius 2 is 1.88 bits per heavy atom. The molecule has 6 nitrogen and oxygen atoms in total. The smallest absolute Gasteiger partial charge is 0.302 e. The van der Waals surface area contributed by atoms with E-state index in [2.05, 4.69) is 28.1 Å². The van der Waals surface area contributed by atoms with E-state index in [1.807, 2.05) is 18.3 Å². The van der Waals surface area contributed by atoms with Crippen molar-refractivity contribution in [2.45, 2.75) is 29.6 Å². The van der Waals surface area contributed by atoms with Gasteiger partial charge in [0.25, 0.3) is 0 Å². The summed E-state index contributed by atoms with van der Waals surface area (Å²) >= 11 is 8.00. The number of quaternary nitrogens is 2. The van der Waals surface area contributed by atoms with Crippen LogP contribution in [0, 0.1) is 0 Å². The number of anilines is 2. The van der Waals surface area contributed by atoms with Crippen molar-refractivity contribution < 1.29 is 44.1 Å². The van der Waals surface area contributed by atoms with E-state index >= 15 is 0 Å². The highest BCUT2D eigenvalue weighted by Crippen LogP contribution is 2.47. The second-order valence-electron chi connectivity index (χ2n) is 8.24. The Labute approximate surface area is 217 Å². The van der Waals surface area contributed by atoms with Crippen molar-refractivity contribution in [3.63, 3.8) is 0 Å². The van der Waals surface area contributed by atoms with Gasteiger partial charge in [0, 0.05) is 42.4 Å². The Bertz CT molecular complexity index is 921. The molecule has 182 valence electrons. The van der Waals surface area contributed by atoms with Crippen molar-refractivity contribution in [3.05, 3.63) is 41.6 Å². The third kappa shape index (κ3) is 7.64. The molecule has 0 aliphatic carbocycles. The molecule has 2 aromatic rings. The fraction of sp³-hybridized carbons (Fsp3) is 0.478. The summed E-state index contributed by atoms with van der Waals surface area (Å²) in [5.74, 6) is 0.867. The van der Waals surface area contributed by atoms with Crippen molar-refractivity contribution in [1.82, 2.24) is 4.98 Å². The number of ether oxygens (including phenoxy) is 1. The number of benzene rings is 1. The maximum absolute atomic E-state index is 11.0. The standard InChI is InChI=1S/C23H29ClN4O2S.2ClH/c1-18(29)30-16-15-27-10-3-9-26(13-14-27)11-4-12-28-20-7-6-19(24)17-22(20)31-21-5-2-8-25-23(21)28;;/h2,5-8,17H,3-4,9-16H2,1H3;2*1H. The van der Waals surface area contributed by atoms with Crippen LogP contribution in [-0.2, 0) is 9.53 Å². The first-order valence-corrected chi connectivity index (χ1v) is 12.3. The molecule has 0 radical (unpaired) electrons. The van der Waals surface area contributed by atoms with Crippen LogP contribution in [0.2, 0.25) is 5.02 Å². The van der Waals surface area contributed by atoms with Gasteiger partial charge >= 0.3 is 5.97 Å². The molecule has 33 heavy (non-hydrogen) atoms. The number of nitrogens with zero attached hydrogens (tertiary/aromatic N) is 2. The second kappa shape index (κ2) is 13.6. The Hall–Kier alpha value is -1.22. The summed E-state index contributed by atoms with van der Waals surface area (Å²) in [4.78, 5) is 23.6. The zero-order chi connectivity index (χ0) is 21.6. The average Bonchev–Trinajstić information content (AvgIpc) is 2.98. The van der Waals surface area contributed by atoms with Gasteiger partial charge in [-0.2, -0.15) is 0 Å². The van der Waals surface area contributed by atoms with Gasteiger partial charge in [-0.15, -0.1) is 0 Å². The minimum absolute atomic E-state index is 0. The Morgan fingerprint density at radius 3 is 2.64 bits per heavy atom. The molecule has 2 unspecified atom stereocenters. The molecule has 10 heteroatoms. The van der Waals surface area contributed by atoms with Gasteiger partial charge < -0.3 is 44.3 Å². The largest absolute Gasteiger partial charge is 1.00 e. The Kier molecular flexibility index (Phi) is 11.6. The molecule has 0 saturated carbocycles. The topological polar surface area (TPSA) is 51.3 Å². The summed E-state index contributed by atoms with van der Waals surface area (Å²) in [5, 5.41) is 0.772. The fourth-order valence-electron chi connectivity index (χ4n) is 4.43. The number of pyridine rings is 1. The third-order valence-electron chi connectivity index (χ3n) is 6.00. The highest BCUT2D eigenvalue weighted by atomic mass is 35.5. The summed E-state index contributed by atoms with van der Waals surface area (Å²) in [5.41, 5.74) is 1.20. The third-order valence-corrected chi connectivity index (χ3v) is 7.33. The van der Waals surface area contributed by atoms with E-state index in [0.717, 1.165) is 43.4 Å². The number of hydrogen-bond donors (Lipinski definition) is 2. The van der Waals surface area contributed by atoms with E-state index in [1.54, 1.807) is 21.6 Å². The van der Waals surface area contributed by atoms with Crippen molar-refractivity contribution in [3.8, 4) is 0 Å². The summed E-state index contributed by atoms with van der Waals surface area (Å²) < 4.78 is 5.12. The van der Waals surface area contributed by atoms with Crippen molar-refractivity contribution in [2.24, 2.45) is 0 Å². The van der Waals surface area contributed by atoms with E-state index in [0.29, 0.717) is 6.61 Å². The molecule has 1 aromatic heterocycles.